The van der Waals surface area contributed by atoms with Gasteiger partial charge in [-0.25, -0.2) is 4.39 Å². The third-order valence-corrected chi connectivity index (χ3v) is 6.72. The molecule has 1 amide bonds. The van der Waals surface area contributed by atoms with Gasteiger partial charge in [-0.3, -0.25) is 9.78 Å². The molecular weight excluding hydrogens is 315 g/mol. The number of likely N-dealkylation sites (tertiary alicyclic amines) is 1. The van der Waals surface area contributed by atoms with E-state index in [1.54, 1.807) is 11.1 Å². The number of aromatic nitrogens is 1. The number of alkyl halides is 1. The van der Waals surface area contributed by atoms with Crippen LogP contribution in [-0.4, -0.2) is 51.2 Å². The number of halogens is 1. The standard InChI is InChI=1S/C17H21FN2O2S/c18-17(5-3-6-17)15(21)20-11-16(12-20)8-14(10-23-16)22-9-13-4-1-2-7-19-13/h1-2,4,7,14H,3,5-6,8-12H2/t14-/m0/s1. The van der Waals surface area contributed by atoms with Crippen LogP contribution in [0.15, 0.2) is 24.4 Å². The summed E-state index contributed by atoms with van der Waals surface area (Å²) in [6.07, 6.45) is 4.54. The molecule has 6 heteroatoms. The minimum atomic E-state index is -1.56. The Labute approximate surface area is 139 Å². The molecule has 1 aliphatic carbocycles. The summed E-state index contributed by atoms with van der Waals surface area (Å²) in [5.41, 5.74) is -0.618. The molecule has 3 heterocycles. The average Bonchev–Trinajstić information content (AvgIpc) is 2.94. The van der Waals surface area contributed by atoms with E-state index in [0.29, 0.717) is 32.5 Å². The minimum Gasteiger partial charge on any atom is -0.371 e. The third kappa shape index (κ3) is 2.87. The number of ether oxygens (including phenoxy) is 1. The van der Waals surface area contributed by atoms with E-state index in [2.05, 4.69) is 4.98 Å². The molecule has 3 aliphatic rings. The van der Waals surface area contributed by atoms with Crippen molar-refractivity contribution in [1.29, 1.82) is 0 Å². The van der Waals surface area contributed by atoms with Crippen molar-refractivity contribution in [2.45, 2.75) is 48.8 Å². The Morgan fingerprint density at radius 1 is 1.43 bits per heavy atom. The zero-order chi connectivity index (χ0) is 15.9. The summed E-state index contributed by atoms with van der Waals surface area (Å²) in [6.45, 7) is 1.87. The van der Waals surface area contributed by atoms with Gasteiger partial charge in [0.15, 0.2) is 5.67 Å². The first-order chi connectivity index (χ1) is 11.1. The van der Waals surface area contributed by atoms with Crippen LogP contribution in [0.3, 0.4) is 0 Å². The fraction of sp³-hybridized carbons (Fsp3) is 0.647. The van der Waals surface area contributed by atoms with Crippen molar-refractivity contribution in [3.8, 4) is 0 Å². The largest absolute Gasteiger partial charge is 0.371 e. The Kier molecular flexibility index (Phi) is 3.84. The van der Waals surface area contributed by atoms with Crippen LogP contribution in [0, 0.1) is 0 Å². The van der Waals surface area contributed by atoms with Crippen molar-refractivity contribution in [1.82, 2.24) is 9.88 Å². The first-order valence-corrected chi connectivity index (χ1v) is 9.21. The average molecular weight is 336 g/mol. The predicted octanol–water partition coefficient (Wildman–Crippen LogP) is 2.58. The van der Waals surface area contributed by atoms with E-state index in [9.17, 15) is 9.18 Å². The number of hydrogen-bond donors (Lipinski definition) is 0. The van der Waals surface area contributed by atoms with Gasteiger partial charge in [-0.05, 0) is 37.8 Å². The summed E-state index contributed by atoms with van der Waals surface area (Å²) < 4.78 is 20.2. The lowest BCUT2D eigenvalue weighted by molar-refractivity contribution is -0.155. The molecule has 1 aromatic heterocycles. The Hall–Kier alpha value is -1.14. The van der Waals surface area contributed by atoms with Gasteiger partial charge in [-0.2, -0.15) is 0 Å². The number of thioether (sulfide) groups is 1. The molecule has 0 radical (unpaired) electrons. The molecule has 1 saturated carbocycles. The van der Waals surface area contributed by atoms with Crippen molar-refractivity contribution in [3.63, 3.8) is 0 Å². The summed E-state index contributed by atoms with van der Waals surface area (Å²) in [6, 6.07) is 5.81. The highest BCUT2D eigenvalue weighted by Gasteiger charge is 2.56. The Morgan fingerprint density at radius 2 is 2.26 bits per heavy atom. The normalized spacial score (nSPS) is 27.5. The van der Waals surface area contributed by atoms with Crippen molar-refractivity contribution >= 4 is 17.7 Å². The second-order valence-electron chi connectivity index (χ2n) is 6.93. The highest BCUT2D eigenvalue weighted by molar-refractivity contribution is 8.01. The van der Waals surface area contributed by atoms with E-state index in [-0.39, 0.29) is 16.8 Å². The zero-order valence-corrected chi connectivity index (χ0v) is 13.9. The summed E-state index contributed by atoms with van der Waals surface area (Å²) in [4.78, 5) is 18.1. The van der Waals surface area contributed by atoms with E-state index in [1.165, 1.54) is 0 Å². The highest BCUT2D eigenvalue weighted by Crippen LogP contribution is 2.48. The van der Waals surface area contributed by atoms with Gasteiger partial charge in [0.1, 0.15) is 0 Å². The smallest absolute Gasteiger partial charge is 0.260 e. The first-order valence-electron chi connectivity index (χ1n) is 8.22. The maximum Gasteiger partial charge on any atom is 0.260 e. The number of pyridine rings is 1. The van der Waals surface area contributed by atoms with Gasteiger partial charge in [0, 0.05) is 25.0 Å². The summed E-state index contributed by atoms with van der Waals surface area (Å²) >= 11 is 1.87. The van der Waals surface area contributed by atoms with Crippen LogP contribution in [0.2, 0.25) is 0 Å². The molecule has 1 aromatic rings. The first kappa shape index (κ1) is 15.4. The lowest BCUT2D eigenvalue weighted by Crippen LogP contribution is -2.65. The molecule has 4 nitrogen and oxygen atoms in total. The number of rotatable bonds is 4. The molecule has 0 aromatic carbocycles. The van der Waals surface area contributed by atoms with Crippen molar-refractivity contribution < 1.29 is 13.9 Å². The molecule has 0 N–H and O–H groups in total. The molecule has 2 saturated heterocycles. The summed E-state index contributed by atoms with van der Waals surface area (Å²) in [5, 5.41) is 0. The fourth-order valence-corrected chi connectivity index (χ4v) is 5.15. The Bertz CT molecular complexity index is 588. The van der Waals surface area contributed by atoms with E-state index < -0.39 is 5.67 Å². The zero-order valence-electron chi connectivity index (χ0n) is 13.0. The Balaban J connectivity index is 1.26. The molecule has 124 valence electrons. The van der Waals surface area contributed by atoms with Gasteiger partial charge in [0.25, 0.3) is 5.91 Å². The molecule has 0 unspecified atom stereocenters. The monoisotopic (exact) mass is 336 g/mol. The minimum absolute atomic E-state index is 0.0878. The van der Waals surface area contributed by atoms with Crippen LogP contribution < -0.4 is 0 Å². The van der Waals surface area contributed by atoms with Gasteiger partial charge >= 0.3 is 0 Å². The predicted molar refractivity (Wildman–Crippen MR) is 86.9 cm³/mol. The number of carbonyl (C=O) groups excluding carboxylic acids is 1. The molecule has 23 heavy (non-hydrogen) atoms. The van der Waals surface area contributed by atoms with Gasteiger partial charge in [-0.15, -0.1) is 11.8 Å². The van der Waals surface area contributed by atoms with E-state index >= 15 is 0 Å². The topological polar surface area (TPSA) is 42.4 Å². The fourth-order valence-electron chi connectivity index (χ4n) is 3.59. The van der Waals surface area contributed by atoms with Crippen molar-refractivity contribution in [2.24, 2.45) is 0 Å². The van der Waals surface area contributed by atoms with E-state index in [4.69, 9.17) is 4.74 Å². The van der Waals surface area contributed by atoms with Crippen LogP contribution in [0.4, 0.5) is 4.39 Å². The Morgan fingerprint density at radius 3 is 2.91 bits per heavy atom. The van der Waals surface area contributed by atoms with E-state index in [1.807, 2.05) is 30.0 Å². The van der Waals surface area contributed by atoms with Crippen LogP contribution in [-0.2, 0) is 16.1 Å². The quantitative estimate of drug-likeness (QED) is 0.847. The SMILES string of the molecule is O=C(N1CC2(C[C@H](OCc3ccccn3)CS2)C1)C1(F)CCC1. The molecular formula is C17H21FN2O2S. The third-order valence-electron chi connectivity index (χ3n) is 5.14. The molecule has 1 atom stereocenters. The highest BCUT2D eigenvalue weighted by atomic mass is 32.2. The lowest BCUT2D eigenvalue weighted by Gasteiger charge is -2.50. The van der Waals surface area contributed by atoms with Gasteiger partial charge in [0.05, 0.1) is 23.2 Å². The number of hydrogen-bond acceptors (Lipinski definition) is 4. The summed E-state index contributed by atoms with van der Waals surface area (Å²) in [7, 11) is 0. The molecule has 3 fully saturated rings. The van der Waals surface area contributed by atoms with Crippen molar-refractivity contribution in [2.75, 3.05) is 18.8 Å². The molecule has 2 aliphatic heterocycles. The second kappa shape index (κ2) is 5.74. The van der Waals surface area contributed by atoms with Gasteiger partial charge < -0.3 is 9.64 Å². The number of amides is 1. The van der Waals surface area contributed by atoms with Crippen LogP contribution >= 0.6 is 11.8 Å². The van der Waals surface area contributed by atoms with Gasteiger partial charge in [-0.1, -0.05) is 6.07 Å². The van der Waals surface area contributed by atoms with Crippen LogP contribution in [0.1, 0.15) is 31.4 Å². The molecule has 1 spiro atoms. The van der Waals surface area contributed by atoms with Crippen LogP contribution in [0.25, 0.3) is 0 Å². The van der Waals surface area contributed by atoms with Crippen molar-refractivity contribution in [3.05, 3.63) is 30.1 Å². The summed E-state index contributed by atoms with van der Waals surface area (Å²) in [5.74, 6) is 0.656. The number of carbonyl (C=O) groups is 1. The molecule has 4 rings (SSSR count). The van der Waals surface area contributed by atoms with E-state index in [0.717, 1.165) is 24.3 Å². The lowest BCUT2D eigenvalue weighted by atomic mass is 9.79. The number of nitrogens with zero attached hydrogens (tertiary/aromatic N) is 2. The maximum absolute atomic E-state index is 14.2. The molecule has 0 bridgehead atoms. The second-order valence-corrected chi connectivity index (χ2v) is 8.42. The van der Waals surface area contributed by atoms with Crippen LogP contribution in [0.5, 0.6) is 0 Å². The van der Waals surface area contributed by atoms with Gasteiger partial charge in [0.2, 0.25) is 0 Å². The maximum atomic E-state index is 14.2.